The van der Waals surface area contributed by atoms with E-state index in [1.165, 1.54) is 0 Å². The molecule has 0 amide bonds. The Kier molecular flexibility index (Phi) is 1.71. The Labute approximate surface area is 71.6 Å². The molecule has 0 spiro atoms. The number of benzene rings is 1. The first-order valence-electron chi connectivity index (χ1n) is 3.83. The topological polar surface area (TPSA) is 13.1 Å². The van der Waals surface area contributed by atoms with Crippen molar-refractivity contribution in [1.29, 1.82) is 0 Å². The standard InChI is InChI=1S/C11H9O/c1-9-5-2-3-6-10(9)11-7-4-8-12-11/h2-8H,1H2. The molecule has 0 fully saturated rings. The van der Waals surface area contributed by atoms with Crippen molar-refractivity contribution in [3.63, 3.8) is 0 Å². The Balaban J connectivity index is 2.55. The molecule has 0 saturated heterocycles. The molecule has 0 atom stereocenters. The molecule has 0 N–H and O–H groups in total. The molecule has 12 heavy (non-hydrogen) atoms. The summed E-state index contributed by atoms with van der Waals surface area (Å²) in [5.74, 6) is 0.876. The molecule has 0 aliphatic carbocycles. The van der Waals surface area contributed by atoms with Crippen LogP contribution < -0.4 is 0 Å². The molecular formula is C11H9O. The Morgan fingerprint density at radius 3 is 2.50 bits per heavy atom. The summed E-state index contributed by atoms with van der Waals surface area (Å²) in [5, 5.41) is 0. The minimum atomic E-state index is 0.876. The van der Waals surface area contributed by atoms with E-state index in [1.807, 2.05) is 36.4 Å². The molecule has 1 aromatic carbocycles. The maximum Gasteiger partial charge on any atom is 0.134 e. The van der Waals surface area contributed by atoms with E-state index in [0.717, 1.165) is 16.9 Å². The summed E-state index contributed by atoms with van der Waals surface area (Å²) in [7, 11) is 0. The summed E-state index contributed by atoms with van der Waals surface area (Å²) >= 11 is 0. The monoisotopic (exact) mass is 157 g/mol. The molecule has 0 saturated carbocycles. The van der Waals surface area contributed by atoms with Gasteiger partial charge in [0.15, 0.2) is 0 Å². The van der Waals surface area contributed by atoms with Crippen molar-refractivity contribution in [2.45, 2.75) is 0 Å². The maximum atomic E-state index is 5.26. The van der Waals surface area contributed by atoms with Crippen LogP contribution in [0.4, 0.5) is 0 Å². The van der Waals surface area contributed by atoms with Gasteiger partial charge in [0, 0.05) is 5.56 Å². The van der Waals surface area contributed by atoms with Gasteiger partial charge in [0.25, 0.3) is 0 Å². The average Bonchev–Trinajstić information content (AvgIpc) is 2.57. The zero-order chi connectivity index (χ0) is 8.39. The molecule has 2 aromatic rings. The molecule has 1 aromatic heterocycles. The molecular weight excluding hydrogens is 148 g/mol. The van der Waals surface area contributed by atoms with Crippen molar-refractivity contribution >= 4 is 0 Å². The fourth-order valence-corrected chi connectivity index (χ4v) is 1.19. The van der Waals surface area contributed by atoms with Crippen LogP contribution in [-0.4, -0.2) is 0 Å². The third-order valence-corrected chi connectivity index (χ3v) is 1.80. The second-order valence-corrected chi connectivity index (χ2v) is 2.63. The van der Waals surface area contributed by atoms with Crippen LogP contribution in [0.3, 0.4) is 0 Å². The van der Waals surface area contributed by atoms with Crippen LogP contribution in [0, 0.1) is 6.92 Å². The normalized spacial score (nSPS) is 10.1. The van der Waals surface area contributed by atoms with E-state index < -0.39 is 0 Å². The van der Waals surface area contributed by atoms with Gasteiger partial charge in [-0.2, -0.15) is 0 Å². The fourth-order valence-electron chi connectivity index (χ4n) is 1.19. The number of hydrogen-bond acceptors (Lipinski definition) is 1. The lowest BCUT2D eigenvalue weighted by Crippen LogP contribution is -1.78. The third-order valence-electron chi connectivity index (χ3n) is 1.80. The van der Waals surface area contributed by atoms with E-state index in [-0.39, 0.29) is 0 Å². The van der Waals surface area contributed by atoms with Gasteiger partial charge in [-0.25, -0.2) is 0 Å². The van der Waals surface area contributed by atoms with Crippen molar-refractivity contribution < 1.29 is 4.42 Å². The first-order chi connectivity index (χ1) is 5.88. The quantitative estimate of drug-likeness (QED) is 0.619. The van der Waals surface area contributed by atoms with Crippen molar-refractivity contribution in [2.24, 2.45) is 0 Å². The van der Waals surface area contributed by atoms with Gasteiger partial charge in [0.1, 0.15) is 5.76 Å². The van der Waals surface area contributed by atoms with Gasteiger partial charge in [-0.15, -0.1) is 0 Å². The second kappa shape index (κ2) is 2.86. The van der Waals surface area contributed by atoms with Crippen LogP contribution in [0.15, 0.2) is 47.1 Å². The summed E-state index contributed by atoms with van der Waals surface area (Å²) < 4.78 is 5.26. The lowest BCUT2D eigenvalue weighted by Gasteiger charge is -1.99. The van der Waals surface area contributed by atoms with Crippen LogP contribution in [0.25, 0.3) is 11.3 Å². The molecule has 0 aliphatic heterocycles. The Hall–Kier alpha value is -1.50. The highest BCUT2D eigenvalue weighted by Crippen LogP contribution is 2.22. The molecule has 59 valence electrons. The van der Waals surface area contributed by atoms with Crippen LogP contribution in [-0.2, 0) is 0 Å². The minimum absolute atomic E-state index is 0.876. The highest BCUT2D eigenvalue weighted by atomic mass is 16.3. The van der Waals surface area contributed by atoms with Crippen LogP contribution in [0.2, 0.25) is 0 Å². The summed E-state index contributed by atoms with van der Waals surface area (Å²) in [4.78, 5) is 0. The van der Waals surface area contributed by atoms with E-state index in [1.54, 1.807) is 6.26 Å². The van der Waals surface area contributed by atoms with Gasteiger partial charge in [-0.1, -0.05) is 24.3 Å². The van der Waals surface area contributed by atoms with Crippen LogP contribution in [0.1, 0.15) is 5.56 Å². The molecule has 2 rings (SSSR count). The molecule has 1 nitrogen and oxygen atoms in total. The molecule has 1 radical (unpaired) electrons. The van der Waals surface area contributed by atoms with E-state index in [4.69, 9.17) is 4.42 Å². The van der Waals surface area contributed by atoms with Crippen molar-refractivity contribution in [3.05, 3.63) is 55.1 Å². The lowest BCUT2D eigenvalue weighted by atomic mass is 10.1. The molecule has 0 bridgehead atoms. The number of rotatable bonds is 1. The Morgan fingerprint density at radius 1 is 1.00 bits per heavy atom. The zero-order valence-electron chi connectivity index (χ0n) is 6.66. The summed E-state index contributed by atoms with van der Waals surface area (Å²) in [5.41, 5.74) is 2.05. The molecule has 1 heteroatoms. The summed E-state index contributed by atoms with van der Waals surface area (Å²) in [6.07, 6.45) is 1.67. The fraction of sp³-hybridized carbons (Fsp3) is 0. The average molecular weight is 157 g/mol. The predicted molar refractivity (Wildman–Crippen MR) is 48.6 cm³/mol. The van der Waals surface area contributed by atoms with Gasteiger partial charge in [0.2, 0.25) is 0 Å². The van der Waals surface area contributed by atoms with Crippen LogP contribution in [0.5, 0.6) is 0 Å². The smallest absolute Gasteiger partial charge is 0.134 e. The van der Waals surface area contributed by atoms with E-state index in [2.05, 4.69) is 6.92 Å². The largest absolute Gasteiger partial charge is 0.464 e. The van der Waals surface area contributed by atoms with Gasteiger partial charge >= 0.3 is 0 Å². The first-order valence-corrected chi connectivity index (χ1v) is 3.83. The Morgan fingerprint density at radius 2 is 1.83 bits per heavy atom. The van der Waals surface area contributed by atoms with Crippen LogP contribution >= 0.6 is 0 Å². The summed E-state index contributed by atoms with van der Waals surface area (Å²) in [6.45, 7) is 3.92. The first kappa shape index (κ1) is 7.17. The van der Waals surface area contributed by atoms with E-state index in [0.29, 0.717) is 0 Å². The number of furan rings is 1. The molecule has 1 heterocycles. The van der Waals surface area contributed by atoms with Gasteiger partial charge in [0.05, 0.1) is 6.26 Å². The number of hydrogen-bond donors (Lipinski definition) is 0. The van der Waals surface area contributed by atoms with Gasteiger partial charge in [-0.3, -0.25) is 0 Å². The van der Waals surface area contributed by atoms with Crippen molar-refractivity contribution in [2.75, 3.05) is 0 Å². The van der Waals surface area contributed by atoms with Gasteiger partial charge < -0.3 is 4.42 Å². The third kappa shape index (κ3) is 1.14. The summed E-state index contributed by atoms with van der Waals surface area (Å²) in [6, 6.07) is 11.7. The SMILES string of the molecule is [CH2]c1ccccc1-c1ccco1. The van der Waals surface area contributed by atoms with Crippen molar-refractivity contribution in [3.8, 4) is 11.3 Å². The molecule has 0 aliphatic rings. The maximum absolute atomic E-state index is 5.26. The van der Waals surface area contributed by atoms with E-state index in [9.17, 15) is 0 Å². The van der Waals surface area contributed by atoms with E-state index >= 15 is 0 Å². The van der Waals surface area contributed by atoms with Crippen molar-refractivity contribution in [1.82, 2.24) is 0 Å². The van der Waals surface area contributed by atoms with Gasteiger partial charge in [-0.05, 0) is 24.6 Å². The predicted octanol–water partition coefficient (Wildman–Crippen LogP) is 3.13. The second-order valence-electron chi connectivity index (χ2n) is 2.63. The highest BCUT2D eigenvalue weighted by Gasteiger charge is 2.01. The minimum Gasteiger partial charge on any atom is -0.464 e. The lowest BCUT2D eigenvalue weighted by molar-refractivity contribution is 0.582. The molecule has 0 unspecified atom stereocenters. The highest BCUT2D eigenvalue weighted by molar-refractivity contribution is 5.62. The Bertz CT molecular complexity index is 360. The zero-order valence-corrected chi connectivity index (χ0v) is 6.66.